The predicted molar refractivity (Wildman–Crippen MR) is 64.7 cm³/mol. The number of nitrogens with one attached hydrogen (secondary N) is 1. The zero-order valence-corrected chi connectivity index (χ0v) is 10.4. The average Bonchev–Trinajstić information content (AvgIpc) is 2.79. The molecule has 1 amide bonds. The molecule has 1 saturated heterocycles. The second-order valence-corrected chi connectivity index (χ2v) is 4.55. The van der Waals surface area contributed by atoms with Gasteiger partial charge < -0.3 is 15.3 Å². The molecule has 0 saturated carbocycles. The lowest BCUT2D eigenvalue weighted by molar-refractivity contribution is -0.141. The quantitative estimate of drug-likeness (QED) is 0.689. The van der Waals surface area contributed by atoms with E-state index >= 15 is 0 Å². The van der Waals surface area contributed by atoms with Gasteiger partial charge in [-0.1, -0.05) is 6.92 Å². The third-order valence-electron chi connectivity index (χ3n) is 3.24. The topological polar surface area (TPSA) is 69.6 Å². The molecule has 0 aromatic heterocycles. The summed E-state index contributed by atoms with van der Waals surface area (Å²) in [5.41, 5.74) is 0. The minimum Gasteiger partial charge on any atom is -0.481 e. The molecule has 0 aromatic carbocycles. The van der Waals surface area contributed by atoms with E-state index in [1.165, 1.54) is 12.8 Å². The van der Waals surface area contributed by atoms with Crippen LogP contribution in [-0.4, -0.2) is 48.1 Å². The lowest BCUT2D eigenvalue weighted by Gasteiger charge is -2.15. The van der Waals surface area contributed by atoms with Gasteiger partial charge in [-0.15, -0.1) is 0 Å². The van der Waals surface area contributed by atoms with E-state index in [0.29, 0.717) is 12.8 Å². The lowest BCUT2D eigenvalue weighted by Crippen LogP contribution is -2.34. The van der Waals surface area contributed by atoms with Gasteiger partial charge in [-0.05, 0) is 32.4 Å². The number of carbonyl (C=O) groups excluding carboxylic acids is 1. The normalized spacial score (nSPS) is 17.9. The van der Waals surface area contributed by atoms with Gasteiger partial charge in [-0.2, -0.15) is 0 Å². The molecule has 1 aliphatic heterocycles. The largest absolute Gasteiger partial charge is 0.481 e. The number of carboxylic acid groups (broad SMARTS) is 1. The molecule has 5 heteroatoms. The molecule has 0 radical (unpaired) electrons. The summed E-state index contributed by atoms with van der Waals surface area (Å²) in [5, 5.41) is 11.5. The zero-order valence-electron chi connectivity index (χ0n) is 10.4. The first kappa shape index (κ1) is 14.0. The van der Waals surface area contributed by atoms with E-state index in [1.807, 2.05) is 6.92 Å². The Hall–Kier alpha value is -1.10. The van der Waals surface area contributed by atoms with Gasteiger partial charge in [0.25, 0.3) is 0 Å². The fourth-order valence-corrected chi connectivity index (χ4v) is 2.00. The Morgan fingerprint density at radius 1 is 1.35 bits per heavy atom. The summed E-state index contributed by atoms with van der Waals surface area (Å²) in [6, 6.07) is 0. The van der Waals surface area contributed by atoms with E-state index in [1.54, 1.807) is 0 Å². The molecule has 0 aliphatic carbocycles. The van der Waals surface area contributed by atoms with Gasteiger partial charge in [0.15, 0.2) is 0 Å². The van der Waals surface area contributed by atoms with Crippen LogP contribution in [0.5, 0.6) is 0 Å². The number of amides is 1. The minimum absolute atomic E-state index is 0.0448. The maximum Gasteiger partial charge on any atom is 0.308 e. The van der Waals surface area contributed by atoms with E-state index in [-0.39, 0.29) is 12.5 Å². The highest BCUT2D eigenvalue weighted by Crippen LogP contribution is 2.07. The van der Waals surface area contributed by atoms with E-state index < -0.39 is 11.9 Å². The van der Waals surface area contributed by atoms with Crippen molar-refractivity contribution >= 4 is 11.9 Å². The molecule has 0 spiro atoms. The van der Waals surface area contributed by atoms with Gasteiger partial charge in [0.1, 0.15) is 0 Å². The lowest BCUT2D eigenvalue weighted by atomic mass is 10.1. The number of likely N-dealkylation sites (tertiary alicyclic amines) is 1. The number of aliphatic carboxylic acids is 1. The second-order valence-electron chi connectivity index (χ2n) is 4.55. The summed E-state index contributed by atoms with van der Waals surface area (Å²) in [7, 11) is 0. The summed E-state index contributed by atoms with van der Waals surface area (Å²) in [4.78, 5) is 24.5. The Morgan fingerprint density at radius 2 is 2.00 bits per heavy atom. The van der Waals surface area contributed by atoms with E-state index in [2.05, 4.69) is 10.2 Å². The molecule has 1 heterocycles. The van der Waals surface area contributed by atoms with Crippen LogP contribution >= 0.6 is 0 Å². The van der Waals surface area contributed by atoms with Crippen LogP contribution in [0.4, 0.5) is 0 Å². The smallest absolute Gasteiger partial charge is 0.308 e. The maximum absolute atomic E-state index is 11.5. The van der Waals surface area contributed by atoms with Crippen LogP contribution in [0.3, 0.4) is 0 Å². The van der Waals surface area contributed by atoms with Gasteiger partial charge in [-0.25, -0.2) is 0 Å². The molecular weight excluding hydrogens is 220 g/mol. The molecule has 1 fully saturated rings. The van der Waals surface area contributed by atoms with Crippen LogP contribution < -0.4 is 5.32 Å². The fourth-order valence-electron chi connectivity index (χ4n) is 2.00. The van der Waals surface area contributed by atoms with Gasteiger partial charge in [0.2, 0.25) is 5.91 Å². The SMILES string of the molecule is CCC(CNC(=O)CCN1CCCC1)C(=O)O. The molecule has 2 N–H and O–H groups in total. The highest BCUT2D eigenvalue weighted by atomic mass is 16.4. The van der Waals surface area contributed by atoms with Crippen molar-refractivity contribution in [2.24, 2.45) is 5.92 Å². The molecule has 1 aliphatic rings. The van der Waals surface area contributed by atoms with Gasteiger partial charge in [0, 0.05) is 19.5 Å². The fraction of sp³-hybridized carbons (Fsp3) is 0.833. The summed E-state index contributed by atoms with van der Waals surface area (Å²) in [5.74, 6) is -1.35. The van der Waals surface area contributed by atoms with Crippen molar-refractivity contribution in [1.82, 2.24) is 10.2 Å². The van der Waals surface area contributed by atoms with Crippen molar-refractivity contribution in [3.05, 3.63) is 0 Å². The Kier molecular flexibility index (Phi) is 5.97. The van der Waals surface area contributed by atoms with E-state index in [9.17, 15) is 9.59 Å². The standard InChI is InChI=1S/C12H22N2O3/c1-2-10(12(16)17)9-13-11(15)5-8-14-6-3-4-7-14/h10H,2-9H2,1H3,(H,13,15)(H,16,17). The summed E-state index contributed by atoms with van der Waals surface area (Å²) >= 11 is 0. The summed E-state index contributed by atoms with van der Waals surface area (Å²) in [6.07, 6.45) is 3.45. The highest BCUT2D eigenvalue weighted by Gasteiger charge is 2.17. The molecule has 1 rings (SSSR count). The van der Waals surface area contributed by atoms with Gasteiger partial charge >= 0.3 is 5.97 Å². The van der Waals surface area contributed by atoms with Crippen LogP contribution in [0, 0.1) is 5.92 Å². The maximum atomic E-state index is 11.5. The van der Waals surface area contributed by atoms with Crippen LogP contribution in [-0.2, 0) is 9.59 Å². The van der Waals surface area contributed by atoms with Crippen molar-refractivity contribution < 1.29 is 14.7 Å². The summed E-state index contributed by atoms with van der Waals surface area (Å²) in [6.45, 7) is 5.01. The third kappa shape index (κ3) is 5.17. The number of hydrogen-bond donors (Lipinski definition) is 2. The molecule has 0 bridgehead atoms. The molecule has 1 unspecified atom stereocenters. The molecule has 5 nitrogen and oxygen atoms in total. The van der Waals surface area contributed by atoms with Gasteiger partial charge in [-0.3, -0.25) is 9.59 Å². The number of carboxylic acids is 1. The number of rotatable bonds is 7. The van der Waals surface area contributed by atoms with Crippen molar-refractivity contribution in [2.45, 2.75) is 32.6 Å². The first-order valence-corrected chi connectivity index (χ1v) is 6.35. The van der Waals surface area contributed by atoms with Crippen molar-refractivity contribution in [2.75, 3.05) is 26.2 Å². The van der Waals surface area contributed by atoms with Crippen molar-refractivity contribution in [3.63, 3.8) is 0 Å². The molecule has 98 valence electrons. The number of hydrogen-bond acceptors (Lipinski definition) is 3. The molecule has 1 atom stereocenters. The molecule has 0 aromatic rings. The van der Waals surface area contributed by atoms with Crippen LogP contribution in [0.25, 0.3) is 0 Å². The number of nitrogens with zero attached hydrogens (tertiary/aromatic N) is 1. The van der Waals surface area contributed by atoms with Crippen LogP contribution in [0.15, 0.2) is 0 Å². The monoisotopic (exact) mass is 242 g/mol. The molecule has 17 heavy (non-hydrogen) atoms. The first-order chi connectivity index (χ1) is 8.13. The van der Waals surface area contributed by atoms with E-state index in [4.69, 9.17) is 5.11 Å². The average molecular weight is 242 g/mol. The Labute approximate surface area is 102 Å². The Bertz CT molecular complexity index is 262. The summed E-state index contributed by atoms with van der Waals surface area (Å²) < 4.78 is 0. The Morgan fingerprint density at radius 3 is 2.53 bits per heavy atom. The van der Waals surface area contributed by atoms with Crippen LogP contribution in [0.2, 0.25) is 0 Å². The third-order valence-corrected chi connectivity index (χ3v) is 3.24. The van der Waals surface area contributed by atoms with Crippen molar-refractivity contribution in [3.8, 4) is 0 Å². The van der Waals surface area contributed by atoms with E-state index in [0.717, 1.165) is 19.6 Å². The highest BCUT2D eigenvalue weighted by molar-refractivity contribution is 5.77. The zero-order chi connectivity index (χ0) is 12.7. The number of carbonyl (C=O) groups is 2. The van der Waals surface area contributed by atoms with Crippen molar-refractivity contribution in [1.29, 1.82) is 0 Å². The second kappa shape index (κ2) is 7.27. The van der Waals surface area contributed by atoms with Gasteiger partial charge in [0.05, 0.1) is 5.92 Å². The van der Waals surface area contributed by atoms with Crippen LogP contribution in [0.1, 0.15) is 32.6 Å². The molecular formula is C12H22N2O3. The Balaban J connectivity index is 2.13. The predicted octanol–water partition coefficient (Wildman–Crippen LogP) is 0.699. The minimum atomic E-state index is -0.840. The first-order valence-electron chi connectivity index (χ1n) is 6.35.